The number of hydrogen-bond acceptors (Lipinski definition) is 6. The SMILES string of the molecule is CC(C)n1nc(-c2ccc3cc(OC4COC4)ccc3c2)c2c(N)ncnc21. The van der Waals surface area contributed by atoms with Crippen LogP contribution in [0.3, 0.4) is 0 Å². The van der Waals surface area contributed by atoms with E-state index in [1.807, 2.05) is 10.7 Å². The maximum Gasteiger partial charge on any atom is 0.164 e. The van der Waals surface area contributed by atoms with Gasteiger partial charge in [0.05, 0.1) is 18.6 Å². The molecule has 4 aromatic rings. The minimum Gasteiger partial charge on any atom is -0.486 e. The van der Waals surface area contributed by atoms with Crippen molar-refractivity contribution in [2.24, 2.45) is 0 Å². The van der Waals surface area contributed by atoms with Crippen LogP contribution >= 0.6 is 0 Å². The molecule has 0 spiro atoms. The van der Waals surface area contributed by atoms with Crippen LogP contribution in [-0.4, -0.2) is 39.1 Å². The number of hydrogen-bond donors (Lipinski definition) is 1. The van der Waals surface area contributed by atoms with E-state index in [1.165, 1.54) is 6.33 Å². The van der Waals surface area contributed by atoms with Gasteiger partial charge in [0.1, 0.15) is 29.7 Å². The highest BCUT2D eigenvalue weighted by atomic mass is 16.6. The Labute approximate surface area is 162 Å². The zero-order valence-electron chi connectivity index (χ0n) is 15.8. The topological polar surface area (TPSA) is 88.1 Å². The molecule has 0 saturated carbocycles. The maximum atomic E-state index is 6.17. The highest BCUT2D eigenvalue weighted by Gasteiger charge is 2.21. The molecule has 0 unspecified atom stereocenters. The normalized spacial score (nSPS) is 14.7. The summed E-state index contributed by atoms with van der Waals surface area (Å²) < 4.78 is 13.0. The van der Waals surface area contributed by atoms with Crippen LogP contribution in [0.1, 0.15) is 19.9 Å². The molecule has 1 fully saturated rings. The predicted octanol–water partition coefficient (Wildman–Crippen LogP) is 3.59. The van der Waals surface area contributed by atoms with Crippen molar-refractivity contribution in [1.82, 2.24) is 19.7 Å². The molecule has 2 aromatic carbocycles. The van der Waals surface area contributed by atoms with Gasteiger partial charge in [0, 0.05) is 11.6 Å². The third-order valence-corrected chi connectivity index (χ3v) is 5.00. The molecule has 2 aromatic heterocycles. The lowest BCUT2D eigenvalue weighted by atomic mass is 10.0. The summed E-state index contributed by atoms with van der Waals surface area (Å²) in [6, 6.07) is 12.5. The van der Waals surface area contributed by atoms with Crippen LogP contribution in [0.4, 0.5) is 5.82 Å². The molecule has 5 rings (SSSR count). The molecule has 2 N–H and O–H groups in total. The van der Waals surface area contributed by atoms with Crippen molar-refractivity contribution in [2.75, 3.05) is 18.9 Å². The van der Waals surface area contributed by atoms with Crippen molar-refractivity contribution in [2.45, 2.75) is 26.0 Å². The first-order valence-corrected chi connectivity index (χ1v) is 9.37. The Morgan fingerprint density at radius 3 is 2.64 bits per heavy atom. The van der Waals surface area contributed by atoms with Gasteiger partial charge in [-0.3, -0.25) is 0 Å². The van der Waals surface area contributed by atoms with Gasteiger partial charge in [-0.15, -0.1) is 0 Å². The number of anilines is 1. The summed E-state index contributed by atoms with van der Waals surface area (Å²) in [4.78, 5) is 8.57. The van der Waals surface area contributed by atoms with Gasteiger partial charge in [0.2, 0.25) is 0 Å². The van der Waals surface area contributed by atoms with Crippen molar-refractivity contribution < 1.29 is 9.47 Å². The Kier molecular flexibility index (Phi) is 3.91. The monoisotopic (exact) mass is 375 g/mol. The largest absolute Gasteiger partial charge is 0.486 e. The maximum absolute atomic E-state index is 6.17. The number of nitrogens with two attached hydrogens (primary N) is 1. The van der Waals surface area contributed by atoms with Crippen molar-refractivity contribution in [3.05, 3.63) is 42.7 Å². The summed E-state index contributed by atoms with van der Waals surface area (Å²) in [5, 5.41) is 7.81. The Morgan fingerprint density at radius 2 is 1.89 bits per heavy atom. The Bertz CT molecular complexity index is 1180. The lowest BCUT2D eigenvalue weighted by molar-refractivity contribution is -0.0796. The Hall–Kier alpha value is -3.19. The first-order valence-electron chi connectivity index (χ1n) is 9.37. The van der Waals surface area contributed by atoms with Crippen LogP contribution in [-0.2, 0) is 4.74 Å². The number of fused-ring (bicyclic) bond motifs is 2. The summed E-state index contributed by atoms with van der Waals surface area (Å²) in [5.41, 5.74) is 8.72. The van der Waals surface area contributed by atoms with E-state index in [0.29, 0.717) is 19.0 Å². The van der Waals surface area contributed by atoms with Gasteiger partial charge in [0.15, 0.2) is 5.65 Å². The van der Waals surface area contributed by atoms with E-state index >= 15 is 0 Å². The average Bonchev–Trinajstić information content (AvgIpc) is 3.05. The number of rotatable bonds is 4. The fourth-order valence-electron chi connectivity index (χ4n) is 3.48. The lowest BCUT2D eigenvalue weighted by Gasteiger charge is -2.26. The highest BCUT2D eigenvalue weighted by Crippen LogP contribution is 2.34. The molecule has 0 amide bonds. The minimum absolute atomic E-state index is 0.158. The number of nitrogens with zero attached hydrogens (tertiary/aromatic N) is 4. The summed E-state index contributed by atoms with van der Waals surface area (Å²) in [6.07, 6.45) is 1.64. The van der Waals surface area contributed by atoms with Crippen LogP contribution < -0.4 is 10.5 Å². The minimum atomic E-state index is 0.158. The van der Waals surface area contributed by atoms with Gasteiger partial charge >= 0.3 is 0 Å². The molecule has 7 heteroatoms. The van der Waals surface area contributed by atoms with E-state index < -0.39 is 0 Å². The second-order valence-electron chi connectivity index (χ2n) is 7.35. The molecular weight excluding hydrogens is 354 g/mol. The third-order valence-electron chi connectivity index (χ3n) is 5.00. The average molecular weight is 375 g/mol. The van der Waals surface area contributed by atoms with E-state index in [2.05, 4.69) is 54.1 Å². The lowest BCUT2D eigenvalue weighted by Crippen LogP contribution is -2.38. The molecule has 1 aliphatic heterocycles. The molecule has 0 radical (unpaired) electrons. The summed E-state index contributed by atoms with van der Waals surface area (Å²) in [5.74, 6) is 1.30. The Morgan fingerprint density at radius 1 is 1.11 bits per heavy atom. The highest BCUT2D eigenvalue weighted by molar-refractivity contribution is 6.00. The Balaban J connectivity index is 1.60. The van der Waals surface area contributed by atoms with Crippen LogP contribution in [0.5, 0.6) is 5.75 Å². The predicted molar refractivity (Wildman–Crippen MR) is 108 cm³/mol. The molecule has 0 atom stereocenters. The fourth-order valence-corrected chi connectivity index (χ4v) is 3.48. The molecule has 28 heavy (non-hydrogen) atoms. The van der Waals surface area contributed by atoms with Gasteiger partial charge < -0.3 is 15.2 Å². The van der Waals surface area contributed by atoms with Gasteiger partial charge in [-0.05, 0) is 42.8 Å². The van der Waals surface area contributed by atoms with Crippen molar-refractivity contribution in [3.8, 4) is 17.0 Å². The van der Waals surface area contributed by atoms with Crippen molar-refractivity contribution >= 4 is 27.6 Å². The van der Waals surface area contributed by atoms with E-state index in [-0.39, 0.29) is 12.1 Å². The van der Waals surface area contributed by atoms with Gasteiger partial charge in [-0.25, -0.2) is 14.6 Å². The molecule has 142 valence electrons. The zero-order chi connectivity index (χ0) is 19.3. The van der Waals surface area contributed by atoms with Crippen molar-refractivity contribution in [3.63, 3.8) is 0 Å². The number of ether oxygens (including phenoxy) is 2. The van der Waals surface area contributed by atoms with Crippen molar-refractivity contribution in [1.29, 1.82) is 0 Å². The van der Waals surface area contributed by atoms with Crippen LogP contribution in [0.15, 0.2) is 42.7 Å². The summed E-state index contributed by atoms with van der Waals surface area (Å²) in [7, 11) is 0. The van der Waals surface area contributed by atoms with Crippen LogP contribution in [0.2, 0.25) is 0 Å². The molecule has 0 aliphatic carbocycles. The van der Waals surface area contributed by atoms with Gasteiger partial charge in [-0.2, -0.15) is 5.10 Å². The quantitative estimate of drug-likeness (QED) is 0.586. The number of benzene rings is 2. The molecule has 7 nitrogen and oxygen atoms in total. The molecule has 1 saturated heterocycles. The summed E-state index contributed by atoms with van der Waals surface area (Å²) >= 11 is 0. The van der Waals surface area contributed by atoms with Gasteiger partial charge in [-0.1, -0.05) is 18.2 Å². The fraction of sp³-hybridized carbons (Fsp3) is 0.286. The molecule has 1 aliphatic rings. The van der Waals surface area contributed by atoms with Gasteiger partial charge in [0.25, 0.3) is 0 Å². The molecule has 0 bridgehead atoms. The van der Waals surface area contributed by atoms with Crippen LogP contribution in [0.25, 0.3) is 33.1 Å². The standard InChI is InChI=1S/C21H21N5O2/c1-12(2)26-21-18(20(22)23-11-24-21)19(25-26)15-4-3-14-8-16(6-5-13(14)7-15)28-17-9-27-10-17/h3-8,11-12,17H,9-10H2,1-2H3,(H2,22,23,24). The van der Waals surface area contributed by atoms with E-state index in [4.69, 9.17) is 20.3 Å². The van der Waals surface area contributed by atoms with Crippen LogP contribution in [0, 0.1) is 0 Å². The molecular formula is C21H21N5O2. The van der Waals surface area contributed by atoms with E-state index in [0.717, 1.165) is 38.8 Å². The van der Waals surface area contributed by atoms with E-state index in [1.54, 1.807) is 0 Å². The first kappa shape index (κ1) is 16.9. The second-order valence-corrected chi connectivity index (χ2v) is 7.35. The van der Waals surface area contributed by atoms with E-state index in [9.17, 15) is 0 Å². The number of nitrogen functional groups attached to an aromatic ring is 1. The first-order chi connectivity index (χ1) is 13.6. The zero-order valence-corrected chi connectivity index (χ0v) is 15.8. The third kappa shape index (κ3) is 2.75. The number of aromatic nitrogens is 4. The molecule has 3 heterocycles. The smallest absolute Gasteiger partial charge is 0.164 e. The summed E-state index contributed by atoms with van der Waals surface area (Å²) in [6.45, 7) is 5.46. The second kappa shape index (κ2) is 6.45.